The first-order valence-corrected chi connectivity index (χ1v) is 37.7. The minimum atomic E-state index is -1.99. The van der Waals surface area contributed by atoms with E-state index in [1.165, 1.54) is 80.6 Å². The molecule has 0 saturated carbocycles. The number of phenols is 1. The van der Waals surface area contributed by atoms with E-state index >= 15 is 0 Å². The molecule has 596 valence electrons. The van der Waals surface area contributed by atoms with E-state index in [1.54, 1.807) is 27.7 Å². The fraction of sp³-hybridized carbons (Fsp3) is 0.653. The highest BCUT2D eigenvalue weighted by Gasteiger charge is 2.43. The van der Waals surface area contributed by atoms with E-state index in [0.717, 1.165) is 43.9 Å². The molecule has 32 heteroatoms. The van der Waals surface area contributed by atoms with Crippen LogP contribution >= 0.6 is 0 Å². The zero-order chi connectivity index (χ0) is 79.4. The van der Waals surface area contributed by atoms with Crippen molar-refractivity contribution in [2.75, 3.05) is 13.1 Å². The number of nitrogens with zero attached hydrogens (tertiary/aromatic N) is 1. The normalized spacial score (nSPS) is 22.0. The van der Waals surface area contributed by atoms with Crippen LogP contribution in [-0.4, -0.2) is 199 Å². The number of carboxylic acid groups (broad SMARTS) is 2. The maximum atomic E-state index is 14.9. The maximum absolute atomic E-state index is 14.9. The number of ether oxygens (including phenoxy) is 1. The molecule has 1 saturated heterocycles. The number of hydrogen-bond acceptors (Lipinski definition) is 19. The zero-order valence-corrected chi connectivity index (χ0v) is 62.8. The fourth-order valence-corrected chi connectivity index (χ4v) is 12.6. The van der Waals surface area contributed by atoms with Gasteiger partial charge in [0.05, 0.1) is 6.10 Å². The van der Waals surface area contributed by atoms with Gasteiger partial charge >= 0.3 is 17.9 Å². The molecule has 11 amide bonds. The molecule has 1 fully saturated rings. The third-order valence-corrected chi connectivity index (χ3v) is 19.4. The summed E-state index contributed by atoms with van der Waals surface area (Å²) in [7, 11) is 0. The third-order valence-electron chi connectivity index (χ3n) is 19.4. The van der Waals surface area contributed by atoms with Crippen molar-refractivity contribution in [1.29, 1.82) is 0 Å². The van der Waals surface area contributed by atoms with Gasteiger partial charge in [0.25, 0.3) is 0 Å². The average molecular weight is 1510 g/mol. The van der Waals surface area contributed by atoms with Crippen LogP contribution < -0.4 is 64.1 Å². The Labute approximate surface area is 625 Å². The van der Waals surface area contributed by atoms with Crippen molar-refractivity contribution < 1.29 is 97.4 Å². The molecule has 0 aromatic heterocycles. The summed E-state index contributed by atoms with van der Waals surface area (Å²) in [6, 6.07) is -4.98. The molecule has 107 heavy (non-hydrogen) atoms. The SMILES string of the molecule is CCCCCCCCCCCC(C)CCC(O)C(=O)N[C@@H](CCC(=O)O)C(=O)N[C@@H](CCCN)C(=O)N[C@H]1Cc2ccc(cc2)OC(=O)[C@H]([C@@H](C)CC)NC(=O)[C@H](Cc2ccc(O)cc2)NC(=O)[C@H](CCC(N)=O)NC(=O)[C@@H]2CCCN2C(=O)[C@H](C(C)C)NC(=O)[C@H](CCC(=O)O)NC(=O)[C@H]([C@@H](C)O)NC1=O. The van der Waals surface area contributed by atoms with Crippen LogP contribution in [0.4, 0.5) is 0 Å². The Bertz CT molecular complexity index is 3280. The largest absolute Gasteiger partial charge is 0.508 e. The number of benzene rings is 2. The predicted octanol–water partition coefficient (Wildman–Crippen LogP) is 1.97. The molecule has 32 nitrogen and oxygen atoms in total. The first-order valence-electron chi connectivity index (χ1n) is 37.7. The Morgan fingerprint density at radius 1 is 0.579 bits per heavy atom. The van der Waals surface area contributed by atoms with E-state index in [9.17, 15) is 92.7 Å². The topological polar surface area (TPSA) is 513 Å². The highest BCUT2D eigenvalue weighted by atomic mass is 16.5. The lowest BCUT2D eigenvalue weighted by molar-refractivity contribution is -0.144. The minimum absolute atomic E-state index is 0.0302. The molecular formula is C75H116N12O20. The van der Waals surface area contributed by atoms with Crippen molar-refractivity contribution in [1.82, 2.24) is 52.8 Å². The number of rotatable bonds is 37. The number of nitrogens with one attached hydrogen (secondary N) is 9. The summed E-state index contributed by atoms with van der Waals surface area (Å²) in [5.41, 5.74) is 12.1. The van der Waals surface area contributed by atoms with Crippen molar-refractivity contribution in [3.8, 4) is 11.5 Å². The van der Waals surface area contributed by atoms with E-state index in [0.29, 0.717) is 18.4 Å². The first-order chi connectivity index (χ1) is 50.8. The van der Waals surface area contributed by atoms with E-state index in [1.807, 2.05) is 6.92 Å². The number of phenolic OH excluding ortho intramolecular Hbond substituents is 1. The van der Waals surface area contributed by atoms with Crippen LogP contribution in [0, 0.1) is 17.8 Å². The Hall–Kier alpha value is -9.30. The lowest BCUT2D eigenvalue weighted by atomic mass is 9.95. The Morgan fingerprint density at radius 2 is 1.13 bits per heavy atom. The molecule has 2 aromatic carbocycles. The Morgan fingerprint density at radius 3 is 1.72 bits per heavy atom. The van der Waals surface area contributed by atoms with Crippen LogP contribution in [0.5, 0.6) is 11.5 Å². The Balaban J connectivity index is 1.79. The molecule has 2 aromatic rings. The van der Waals surface area contributed by atoms with Gasteiger partial charge in [-0.1, -0.05) is 136 Å². The number of unbranched alkanes of at least 4 members (excludes halogenated alkanes) is 8. The molecule has 0 aliphatic carbocycles. The quantitative estimate of drug-likeness (QED) is 0.0199. The summed E-state index contributed by atoms with van der Waals surface area (Å²) in [4.78, 5) is 197. The van der Waals surface area contributed by atoms with Gasteiger partial charge in [-0.25, -0.2) is 4.79 Å². The van der Waals surface area contributed by atoms with Crippen LogP contribution in [0.2, 0.25) is 0 Å². The highest BCUT2D eigenvalue weighted by molar-refractivity contribution is 6.00. The van der Waals surface area contributed by atoms with Crippen LogP contribution in [0.25, 0.3) is 0 Å². The van der Waals surface area contributed by atoms with Gasteiger partial charge in [0.2, 0.25) is 65.0 Å². The van der Waals surface area contributed by atoms with Crippen molar-refractivity contribution >= 4 is 82.9 Å². The summed E-state index contributed by atoms with van der Waals surface area (Å²) in [5.74, 6) is -16.2. The summed E-state index contributed by atoms with van der Waals surface area (Å²) in [5, 5.41) is 74.8. The number of hydrogen-bond donors (Lipinski definition) is 16. The van der Waals surface area contributed by atoms with Gasteiger partial charge in [-0.3, -0.25) is 62.3 Å². The molecule has 3 heterocycles. The fourth-order valence-electron chi connectivity index (χ4n) is 12.6. The summed E-state index contributed by atoms with van der Waals surface area (Å²) in [6.07, 6.45) is 4.79. The minimum Gasteiger partial charge on any atom is -0.508 e. The van der Waals surface area contributed by atoms with Gasteiger partial charge in [-0.2, -0.15) is 0 Å². The summed E-state index contributed by atoms with van der Waals surface area (Å²) < 4.78 is 5.84. The number of aliphatic carboxylic acids is 2. The Kier molecular flexibility index (Phi) is 39.3. The predicted molar refractivity (Wildman–Crippen MR) is 392 cm³/mol. The monoisotopic (exact) mass is 1500 g/mol. The number of carboxylic acids is 2. The number of primary amides is 1. The van der Waals surface area contributed by atoms with Crippen molar-refractivity contribution in [2.24, 2.45) is 29.2 Å². The molecule has 14 atom stereocenters. The highest BCUT2D eigenvalue weighted by Crippen LogP contribution is 2.24. The van der Waals surface area contributed by atoms with Crippen molar-refractivity contribution in [2.45, 2.75) is 282 Å². The second-order valence-corrected chi connectivity index (χ2v) is 28.6. The molecule has 0 spiro atoms. The number of carbonyl (C=O) groups is 14. The standard InChI is InChI=1S/C75H116N12O20/c1-8-10-11-12-13-14-15-16-17-20-44(5)23-35-58(90)72(103)80-53(33-37-60(92)93)66(97)78-51(21-18-39-76)65(96)82-56-42-48-26-30-50(31-27-48)107-75(106)63(45(6)9-2)85-69(100)55(41-47-24-28-49(89)29-25-47)83-67(98)52(32-36-59(77)91)79-71(102)57-22-19-40-87(57)74(105)62(43(3)4)84-68(99)54(34-38-61(94)95)81-73(104)64(46(7)88)86-70(56)101/h24-31,43-46,51-58,62-64,88-90H,8-23,32-42,76H2,1-7H3,(H2,77,91)(H,78,97)(H,79,102)(H,80,103)(H,81,104)(H,82,96)(H,83,98)(H,84,99)(H,85,100)(H,86,101)(H,92,93)(H,94,95)/t44?,45-,46+,51-,52-,53-,54-,55-,56-,57-,58?,62-,63-,64-/m0/s1. The molecule has 0 radical (unpaired) electrons. The summed E-state index contributed by atoms with van der Waals surface area (Å²) >= 11 is 0. The van der Waals surface area contributed by atoms with Crippen molar-refractivity contribution in [3.63, 3.8) is 0 Å². The number of nitrogens with two attached hydrogens (primary N) is 2. The van der Waals surface area contributed by atoms with E-state index in [-0.39, 0.29) is 74.6 Å². The number of aliphatic hydroxyl groups is 2. The average Bonchev–Trinajstić information content (AvgIpc) is 1.70. The lowest BCUT2D eigenvalue weighted by Crippen LogP contribution is -2.62. The van der Waals surface area contributed by atoms with E-state index < -0.39 is 212 Å². The molecular weight excluding hydrogens is 1390 g/mol. The zero-order valence-electron chi connectivity index (χ0n) is 62.8. The molecule has 2 unspecified atom stereocenters. The number of carbonyl (C=O) groups excluding carboxylic acids is 12. The maximum Gasteiger partial charge on any atom is 0.334 e. The van der Waals surface area contributed by atoms with Crippen LogP contribution in [-0.2, 0) is 80.0 Å². The number of fused-ring (bicyclic) bond motifs is 23. The van der Waals surface area contributed by atoms with Crippen LogP contribution in [0.15, 0.2) is 48.5 Å². The van der Waals surface area contributed by atoms with Crippen LogP contribution in [0.1, 0.15) is 207 Å². The molecule has 2 bridgehead atoms. The number of aliphatic hydroxyl groups excluding tert-OH is 2. The number of aromatic hydroxyl groups is 1. The van der Waals surface area contributed by atoms with Crippen LogP contribution in [0.3, 0.4) is 0 Å². The molecule has 3 aliphatic heterocycles. The van der Waals surface area contributed by atoms with Gasteiger partial charge in [0, 0.05) is 38.6 Å². The lowest BCUT2D eigenvalue weighted by Gasteiger charge is -2.32. The van der Waals surface area contributed by atoms with E-state index in [2.05, 4.69) is 54.8 Å². The smallest absolute Gasteiger partial charge is 0.334 e. The third kappa shape index (κ3) is 31.6. The van der Waals surface area contributed by atoms with Gasteiger partial charge in [0.1, 0.15) is 78.0 Å². The molecule has 3 aliphatic rings. The van der Waals surface area contributed by atoms with Gasteiger partial charge in [0.15, 0.2) is 0 Å². The second-order valence-electron chi connectivity index (χ2n) is 28.6. The molecule has 18 N–H and O–H groups in total. The van der Waals surface area contributed by atoms with E-state index in [4.69, 9.17) is 16.2 Å². The molecule has 5 rings (SSSR count). The second kappa shape index (κ2) is 46.7. The van der Waals surface area contributed by atoms with Crippen molar-refractivity contribution in [3.05, 3.63) is 59.7 Å². The number of esters is 1. The van der Waals surface area contributed by atoms with Gasteiger partial charge in [-0.05, 0) is 124 Å². The van der Waals surface area contributed by atoms with Gasteiger partial charge in [-0.15, -0.1) is 0 Å². The summed E-state index contributed by atoms with van der Waals surface area (Å²) in [6.45, 7) is 11.7. The first kappa shape index (κ1) is 90.1. The number of amides is 11. The van der Waals surface area contributed by atoms with Gasteiger partial charge < -0.3 is 94.5 Å².